The minimum atomic E-state index is -3.63. The summed E-state index contributed by atoms with van der Waals surface area (Å²) in [6.07, 6.45) is 1.43. The van der Waals surface area contributed by atoms with Crippen LogP contribution in [0.5, 0.6) is 11.6 Å². The van der Waals surface area contributed by atoms with Crippen molar-refractivity contribution in [2.24, 2.45) is 0 Å². The first-order valence-corrected chi connectivity index (χ1v) is 9.21. The number of aryl methyl sites for hydroxylation is 2. The second-order valence-corrected chi connectivity index (χ2v) is 7.36. The molecule has 0 bridgehead atoms. The van der Waals surface area contributed by atoms with Crippen LogP contribution in [0, 0.1) is 13.8 Å². The van der Waals surface area contributed by atoms with Crippen molar-refractivity contribution in [1.29, 1.82) is 0 Å². The van der Waals surface area contributed by atoms with E-state index in [9.17, 15) is 8.42 Å². The molecule has 0 fully saturated rings. The van der Waals surface area contributed by atoms with E-state index in [1.165, 1.54) is 18.3 Å². The summed E-state index contributed by atoms with van der Waals surface area (Å²) >= 11 is 0. The summed E-state index contributed by atoms with van der Waals surface area (Å²) in [4.78, 5) is 4.37. The van der Waals surface area contributed by atoms with Gasteiger partial charge in [-0.15, -0.1) is 0 Å². The van der Waals surface area contributed by atoms with E-state index in [1.807, 2.05) is 32.0 Å². The van der Waals surface area contributed by atoms with Gasteiger partial charge in [0.15, 0.2) is 0 Å². The van der Waals surface area contributed by atoms with Gasteiger partial charge in [0, 0.05) is 6.07 Å². The Labute approximate surface area is 147 Å². The molecule has 25 heavy (non-hydrogen) atoms. The van der Waals surface area contributed by atoms with E-state index in [1.54, 1.807) is 30.3 Å². The number of sulfonamides is 1. The van der Waals surface area contributed by atoms with Crippen LogP contribution in [0.3, 0.4) is 0 Å². The molecule has 0 aliphatic heterocycles. The molecule has 0 amide bonds. The average molecular weight is 354 g/mol. The molecule has 3 rings (SSSR count). The lowest BCUT2D eigenvalue weighted by molar-refractivity contribution is 0.459. The molecule has 0 aliphatic rings. The minimum Gasteiger partial charge on any atom is -0.439 e. The minimum absolute atomic E-state index is 0.200. The third-order valence-corrected chi connectivity index (χ3v) is 5.00. The number of hydrogen-bond acceptors (Lipinski definition) is 4. The predicted octanol–water partition coefficient (Wildman–Crippen LogP) is 4.29. The second-order valence-electron chi connectivity index (χ2n) is 5.67. The summed E-state index contributed by atoms with van der Waals surface area (Å²) in [6, 6.07) is 17.4. The molecule has 2 aromatic carbocycles. The van der Waals surface area contributed by atoms with Crippen LogP contribution >= 0.6 is 0 Å². The Kier molecular flexibility index (Phi) is 4.72. The normalized spacial score (nSPS) is 11.1. The highest BCUT2D eigenvalue weighted by Crippen LogP contribution is 2.25. The molecule has 128 valence electrons. The van der Waals surface area contributed by atoms with Gasteiger partial charge in [0.2, 0.25) is 5.88 Å². The number of rotatable bonds is 5. The van der Waals surface area contributed by atoms with Crippen LogP contribution in [0.25, 0.3) is 0 Å². The number of aromatic nitrogens is 1. The fourth-order valence-electron chi connectivity index (χ4n) is 2.24. The molecule has 0 atom stereocenters. The molecule has 0 saturated carbocycles. The lowest BCUT2D eigenvalue weighted by Gasteiger charge is -2.10. The third kappa shape index (κ3) is 4.16. The quantitative estimate of drug-likeness (QED) is 0.742. The van der Waals surface area contributed by atoms with Crippen molar-refractivity contribution in [3.05, 3.63) is 78.0 Å². The molecule has 0 saturated heterocycles. The van der Waals surface area contributed by atoms with Crippen LogP contribution in [0.4, 0.5) is 5.69 Å². The number of pyridine rings is 1. The Hall–Kier alpha value is -2.86. The lowest BCUT2D eigenvalue weighted by Crippen LogP contribution is -2.12. The zero-order valence-electron chi connectivity index (χ0n) is 13.9. The molecule has 1 N–H and O–H groups in total. The first-order chi connectivity index (χ1) is 11.9. The summed E-state index contributed by atoms with van der Waals surface area (Å²) in [6.45, 7) is 3.94. The van der Waals surface area contributed by atoms with Crippen molar-refractivity contribution in [3.8, 4) is 11.6 Å². The lowest BCUT2D eigenvalue weighted by atomic mass is 10.1. The fourth-order valence-corrected chi connectivity index (χ4v) is 3.31. The van der Waals surface area contributed by atoms with Gasteiger partial charge in [-0.25, -0.2) is 13.4 Å². The number of anilines is 1. The van der Waals surface area contributed by atoms with Crippen LogP contribution in [-0.2, 0) is 10.0 Å². The van der Waals surface area contributed by atoms with Crippen LogP contribution in [0.2, 0.25) is 0 Å². The SMILES string of the molecule is Cc1ccc(C)c(Oc2ccc(NS(=O)(=O)c3ccccc3)cn2)c1. The van der Waals surface area contributed by atoms with Crippen molar-refractivity contribution in [3.63, 3.8) is 0 Å². The first-order valence-electron chi connectivity index (χ1n) is 7.73. The molecular weight excluding hydrogens is 336 g/mol. The van der Waals surface area contributed by atoms with Crippen molar-refractivity contribution >= 4 is 15.7 Å². The van der Waals surface area contributed by atoms with Crippen LogP contribution in [-0.4, -0.2) is 13.4 Å². The molecule has 6 heteroatoms. The van der Waals surface area contributed by atoms with Gasteiger partial charge in [-0.3, -0.25) is 4.72 Å². The van der Waals surface area contributed by atoms with Gasteiger partial charge in [0.1, 0.15) is 5.75 Å². The number of hydrogen-bond donors (Lipinski definition) is 1. The number of ether oxygens (including phenoxy) is 1. The fraction of sp³-hybridized carbons (Fsp3) is 0.105. The average Bonchev–Trinajstić information content (AvgIpc) is 2.60. The van der Waals surface area contributed by atoms with Gasteiger partial charge in [-0.2, -0.15) is 0 Å². The maximum Gasteiger partial charge on any atom is 0.261 e. The smallest absolute Gasteiger partial charge is 0.261 e. The highest BCUT2D eigenvalue weighted by molar-refractivity contribution is 7.92. The van der Waals surface area contributed by atoms with Gasteiger partial charge in [-0.05, 0) is 49.2 Å². The highest BCUT2D eigenvalue weighted by Gasteiger charge is 2.13. The number of nitrogens with one attached hydrogen (secondary N) is 1. The number of nitrogens with zero attached hydrogens (tertiary/aromatic N) is 1. The molecule has 0 spiro atoms. The Bertz CT molecular complexity index is 969. The van der Waals surface area contributed by atoms with Crippen LogP contribution < -0.4 is 9.46 Å². The van der Waals surface area contributed by atoms with Gasteiger partial charge in [0.05, 0.1) is 16.8 Å². The van der Waals surface area contributed by atoms with Crippen molar-refractivity contribution in [2.45, 2.75) is 18.7 Å². The van der Waals surface area contributed by atoms with Gasteiger partial charge in [0.25, 0.3) is 10.0 Å². The predicted molar refractivity (Wildman–Crippen MR) is 97.5 cm³/mol. The Morgan fingerprint density at radius 2 is 1.72 bits per heavy atom. The van der Waals surface area contributed by atoms with Crippen molar-refractivity contribution < 1.29 is 13.2 Å². The Morgan fingerprint density at radius 3 is 2.40 bits per heavy atom. The molecule has 1 aromatic heterocycles. The molecule has 5 nitrogen and oxygen atoms in total. The topological polar surface area (TPSA) is 68.3 Å². The molecule has 0 radical (unpaired) electrons. The van der Waals surface area contributed by atoms with Gasteiger partial charge < -0.3 is 4.74 Å². The van der Waals surface area contributed by atoms with Crippen molar-refractivity contribution in [2.75, 3.05) is 4.72 Å². The Balaban J connectivity index is 1.75. The maximum atomic E-state index is 12.3. The monoisotopic (exact) mass is 354 g/mol. The largest absolute Gasteiger partial charge is 0.439 e. The van der Waals surface area contributed by atoms with Crippen molar-refractivity contribution in [1.82, 2.24) is 4.98 Å². The zero-order chi connectivity index (χ0) is 17.9. The molecule has 3 aromatic rings. The Morgan fingerprint density at radius 1 is 0.960 bits per heavy atom. The molecule has 1 heterocycles. The van der Waals surface area contributed by atoms with E-state index in [-0.39, 0.29) is 4.90 Å². The molecule has 0 aliphatic carbocycles. The van der Waals surface area contributed by atoms with Crippen LogP contribution in [0.15, 0.2) is 71.8 Å². The van der Waals surface area contributed by atoms with E-state index in [4.69, 9.17) is 4.74 Å². The second kappa shape index (κ2) is 6.94. The summed E-state index contributed by atoms with van der Waals surface area (Å²) in [7, 11) is -3.63. The zero-order valence-corrected chi connectivity index (χ0v) is 14.7. The van der Waals surface area contributed by atoms with Gasteiger partial charge >= 0.3 is 0 Å². The molecule has 0 unspecified atom stereocenters. The summed E-state index contributed by atoms with van der Waals surface area (Å²) < 4.78 is 32.9. The third-order valence-electron chi connectivity index (χ3n) is 3.60. The van der Waals surface area contributed by atoms with E-state index < -0.39 is 10.0 Å². The molecular formula is C19H18N2O3S. The summed E-state index contributed by atoms with van der Waals surface area (Å²) in [5.41, 5.74) is 2.46. The first kappa shape index (κ1) is 17.0. The van der Waals surface area contributed by atoms with Gasteiger partial charge in [-0.1, -0.05) is 30.3 Å². The standard InChI is InChI=1S/C19H18N2O3S/c1-14-8-9-15(2)18(12-14)24-19-11-10-16(13-20-19)21-25(22,23)17-6-4-3-5-7-17/h3-13,21H,1-2H3. The van der Waals surface area contributed by atoms with E-state index in [0.717, 1.165) is 16.9 Å². The highest BCUT2D eigenvalue weighted by atomic mass is 32.2. The maximum absolute atomic E-state index is 12.3. The summed E-state index contributed by atoms with van der Waals surface area (Å²) in [5.74, 6) is 1.13. The van der Waals surface area contributed by atoms with Crippen LogP contribution in [0.1, 0.15) is 11.1 Å². The van der Waals surface area contributed by atoms with E-state index in [0.29, 0.717) is 11.6 Å². The van der Waals surface area contributed by atoms with E-state index >= 15 is 0 Å². The summed E-state index contributed by atoms with van der Waals surface area (Å²) in [5, 5.41) is 0. The number of benzene rings is 2. The van der Waals surface area contributed by atoms with E-state index in [2.05, 4.69) is 9.71 Å².